The number of rotatable bonds is 4. The molecule has 2 aromatic rings. The van der Waals surface area contributed by atoms with Crippen LogP contribution in [0.15, 0.2) is 24.4 Å². The molecule has 1 heterocycles. The van der Waals surface area contributed by atoms with Crippen molar-refractivity contribution in [2.24, 2.45) is 0 Å². The maximum atomic E-state index is 11.9. The number of benzene rings is 1. The van der Waals surface area contributed by atoms with Gasteiger partial charge in [-0.25, -0.2) is 0 Å². The topological polar surface area (TPSA) is 44.9 Å². The van der Waals surface area contributed by atoms with Crippen molar-refractivity contribution in [3.05, 3.63) is 33.5 Å². The lowest BCUT2D eigenvalue weighted by Crippen LogP contribution is -2.22. The Bertz CT molecular complexity index is 519. The molecule has 0 fully saturated rings. The first kappa shape index (κ1) is 11.6. The molecule has 0 saturated heterocycles. The largest absolute Gasteiger partial charge is 0.360 e. The maximum Gasteiger partial charge on any atom is 0.178 e. The number of hydrogen-bond acceptors (Lipinski definition) is 2. The Balaban J connectivity index is 2.34. The van der Waals surface area contributed by atoms with Crippen molar-refractivity contribution in [3.63, 3.8) is 0 Å². The zero-order valence-corrected chi connectivity index (χ0v) is 11.2. The molecule has 0 unspecified atom stereocenters. The van der Waals surface area contributed by atoms with Gasteiger partial charge < -0.3 is 10.3 Å². The van der Waals surface area contributed by atoms with Crippen molar-refractivity contribution < 1.29 is 4.79 Å². The van der Waals surface area contributed by atoms with Gasteiger partial charge in [0.2, 0.25) is 0 Å². The van der Waals surface area contributed by atoms with E-state index in [-0.39, 0.29) is 5.78 Å². The average Bonchev–Trinajstić information content (AvgIpc) is 2.68. The molecule has 0 saturated carbocycles. The van der Waals surface area contributed by atoms with E-state index in [1.54, 1.807) is 6.20 Å². The van der Waals surface area contributed by atoms with E-state index in [1.165, 1.54) is 0 Å². The Kier molecular flexibility index (Phi) is 3.60. The highest BCUT2D eigenvalue weighted by molar-refractivity contribution is 14.1. The third kappa shape index (κ3) is 2.27. The molecule has 0 bridgehead atoms. The molecular weight excluding hydrogens is 315 g/mol. The fraction of sp³-hybridized carbons (Fsp3) is 0.250. The van der Waals surface area contributed by atoms with Crippen LogP contribution in [0.5, 0.6) is 0 Å². The first-order valence-corrected chi connectivity index (χ1v) is 6.31. The minimum absolute atomic E-state index is 0.134. The monoisotopic (exact) mass is 328 g/mol. The van der Waals surface area contributed by atoms with Gasteiger partial charge in [0.25, 0.3) is 0 Å². The van der Waals surface area contributed by atoms with E-state index in [2.05, 4.69) is 32.9 Å². The van der Waals surface area contributed by atoms with Crippen LogP contribution >= 0.6 is 22.6 Å². The van der Waals surface area contributed by atoms with Gasteiger partial charge in [0.1, 0.15) is 0 Å². The summed E-state index contributed by atoms with van der Waals surface area (Å²) in [6, 6.07) is 6.05. The molecule has 0 atom stereocenters. The van der Waals surface area contributed by atoms with Gasteiger partial charge in [-0.2, -0.15) is 0 Å². The summed E-state index contributed by atoms with van der Waals surface area (Å²) >= 11 is 2.26. The molecule has 0 spiro atoms. The first-order chi connectivity index (χ1) is 7.72. The quantitative estimate of drug-likeness (QED) is 0.669. The van der Waals surface area contributed by atoms with Crippen molar-refractivity contribution in [2.45, 2.75) is 6.92 Å². The van der Waals surface area contributed by atoms with Crippen LogP contribution in [0.25, 0.3) is 10.9 Å². The molecule has 0 radical (unpaired) electrons. The lowest BCUT2D eigenvalue weighted by Gasteiger charge is -2.00. The predicted molar refractivity (Wildman–Crippen MR) is 73.9 cm³/mol. The van der Waals surface area contributed by atoms with E-state index in [0.29, 0.717) is 6.54 Å². The number of hydrogen-bond donors (Lipinski definition) is 2. The van der Waals surface area contributed by atoms with Crippen LogP contribution in [0, 0.1) is 3.57 Å². The minimum Gasteiger partial charge on any atom is -0.360 e. The second kappa shape index (κ2) is 4.97. The number of halogens is 1. The molecule has 3 nitrogen and oxygen atoms in total. The molecule has 4 heteroatoms. The smallest absolute Gasteiger partial charge is 0.178 e. The number of carbonyl (C=O) groups is 1. The Morgan fingerprint density at radius 2 is 2.31 bits per heavy atom. The first-order valence-electron chi connectivity index (χ1n) is 5.23. The van der Waals surface area contributed by atoms with Crippen molar-refractivity contribution in [1.82, 2.24) is 10.3 Å². The Morgan fingerprint density at radius 1 is 1.50 bits per heavy atom. The molecule has 1 aromatic carbocycles. The third-order valence-electron chi connectivity index (χ3n) is 2.48. The number of ketones is 1. The SMILES string of the molecule is CCNCC(=O)c1c[nH]c2cc(I)ccc12. The summed E-state index contributed by atoms with van der Waals surface area (Å²) in [5, 5.41) is 4.05. The number of carbonyl (C=O) groups excluding carboxylic acids is 1. The number of nitrogens with one attached hydrogen (secondary N) is 2. The summed E-state index contributed by atoms with van der Waals surface area (Å²) in [5.41, 5.74) is 1.79. The molecule has 0 aliphatic rings. The van der Waals surface area contributed by atoms with Crippen LogP contribution in [0.4, 0.5) is 0 Å². The summed E-state index contributed by atoms with van der Waals surface area (Å²) in [5.74, 6) is 0.134. The van der Waals surface area contributed by atoms with E-state index in [4.69, 9.17) is 0 Å². The van der Waals surface area contributed by atoms with Gasteiger partial charge in [0.15, 0.2) is 5.78 Å². The maximum absolute atomic E-state index is 11.9. The highest BCUT2D eigenvalue weighted by Crippen LogP contribution is 2.20. The number of aromatic amines is 1. The number of likely N-dealkylation sites (N-methyl/N-ethyl adjacent to an activating group) is 1. The Morgan fingerprint density at radius 3 is 3.06 bits per heavy atom. The average molecular weight is 328 g/mol. The van der Waals surface area contributed by atoms with Gasteiger partial charge in [-0.1, -0.05) is 13.0 Å². The highest BCUT2D eigenvalue weighted by Gasteiger charge is 2.11. The van der Waals surface area contributed by atoms with Gasteiger partial charge in [-0.15, -0.1) is 0 Å². The summed E-state index contributed by atoms with van der Waals surface area (Å²) in [4.78, 5) is 15.0. The van der Waals surface area contributed by atoms with Gasteiger partial charge in [-0.3, -0.25) is 4.79 Å². The van der Waals surface area contributed by atoms with Crippen LogP contribution in [-0.2, 0) is 0 Å². The molecule has 84 valence electrons. The van der Waals surface area contributed by atoms with Crippen LogP contribution in [0.1, 0.15) is 17.3 Å². The zero-order valence-electron chi connectivity index (χ0n) is 9.01. The zero-order chi connectivity index (χ0) is 11.5. The van der Waals surface area contributed by atoms with Crippen molar-refractivity contribution in [1.29, 1.82) is 0 Å². The van der Waals surface area contributed by atoms with Gasteiger partial charge >= 0.3 is 0 Å². The molecule has 16 heavy (non-hydrogen) atoms. The molecule has 0 aliphatic heterocycles. The number of fused-ring (bicyclic) bond motifs is 1. The Hall–Kier alpha value is -0.880. The molecule has 0 aliphatic carbocycles. The van der Waals surface area contributed by atoms with Crippen molar-refractivity contribution in [2.75, 3.05) is 13.1 Å². The number of H-pyrrole nitrogens is 1. The van der Waals surface area contributed by atoms with E-state index in [9.17, 15) is 4.79 Å². The van der Waals surface area contributed by atoms with Gasteiger partial charge in [0.05, 0.1) is 6.54 Å². The fourth-order valence-electron chi connectivity index (χ4n) is 1.66. The normalized spacial score (nSPS) is 10.9. The summed E-state index contributed by atoms with van der Waals surface area (Å²) < 4.78 is 1.16. The Labute approximate surface area is 108 Å². The van der Waals surface area contributed by atoms with E-state index in [0.717, 1.165) is 26.6 Å². The van der Waals surface area contributed by atoms with Gasteiger partial charge in [-0.05, 0) is 41.3 Å². The minimum atomic E-state index is 0.134. The third-order valence-corrected chi connectivity index (χ3v) is 3.15. The number of aromatic nitrogens is 1. The van der Waals surface area contributed by atoms with Crippen LogP contribution < -0.4 is 5.32 Å². The standard InChI is InChI=1S/C12H13IN2O/c1-2-14-7-12(16)10-6-15-11-5-8(13)3-4-9(10)11/h3-6,14-15H,2,7H2,1H3. The molecule has 1 aromatic heterocycles. The highest BCUT2D eigenvalue weighted by atomic mass is 127. The van der Waals surface area contributed by atoms with E-state index in [1.807, 2.05) is 25.1 Å². The van der Waals surface area contributed by atoms with Crippen LogP contribution in [0.3, 0.4) is 0 Å². The molecule has 2 N–H and O–H groups in total. The molecule has 2 rings (SSSR count). The molecular formula is C12H13IN2O. The lowest BCUT2D eigenvalue weighted by atomic mass is 10.1. The summed E-state index contributed by atoms with van der Waals surface area (Å²) in [6.45, 7) is 3.20. The second-order valence-corrected chi connectivity index (χ2v) is 4.84. The number of Topliss-reactive ketones (excluding diaryl/α,β-unsaturated/α-hetero) is 1. The van der Waals surface area contributed by atoms with E-state index < -0.39 is 0 Å². The second-order valence-electron chi connectivity index (χ2n) is 3.60. The van der Waals surface area contributed by atoms with Crippen LogP contribution in [0.2, 0.25) is 0 Å². The van der Waals surface area contributed by atoms with Crippen molar-refractivity contribution >= 4 is 39.3 Å². The predicted octanol–water partition coefficient (Wildman–Crippen LogP) is 2.56. The van der Waals surface area contributed by atoms with E-state index >= 15 is 0 Å². The summed E-state index contributed by atoms with van der Waals surface area (Å²) in [7, 11) is 0. The molecule has 0 amide bonds. The summed E-state index contributed by atoms with van der Waals surface area (Å²) in [6.07, 6.45) is 1.79. The lowest BCUT2D eigenvalue weighted by molar-refractivity contribution is 0.0993. The fourth-order valence-corrected chi connectivity index (χ4v) is 2.15. The van der Waals surface area contributed by atoms with Gasteiger partial charge in [0, 0.05) is 26.2 Å². The van der Waals surface area contributed by atoms with Crippen molar-refractivity contribution in [3.8, 4) is 0 Å². The van der Waals surface area contributed by atoms with Crippen LogP contribution in [-0.4, -0.2) is 23.9 Å².